The number of thioether (sulfide) groups is 1. The van der Waals surface area contributed by atoms with E-state index in [4.69, 9.17) is 0 Å². The van der Waals surface area contributed by atoms with Gasteiger partial charge in [0.2, 0.25) is 5.91 Å². The largest absolute Gasteiger partial charge is 0.417 e. The molecule has 1 aliphatic heterocycles. The fourth-order valence-corrected chi connectivity index (χ4v) is 5.30. The summed E-state index contributed by atoms with van der Waals surface area (Å²) in [6.45, 7) is 4.09. The molecule has 0 radical (unpaired) electrons. The number of hydrogen-bond acceptors (Lipinski definition) is 6. The number of imidazole rings is 1. The Kier molecular flexibility index (Phi) is 8.27. The van der Waals surface area contributed by atoms with Crippen molar-refractivity contribution in [3.63, 3.8) is 0 Å². The minimum Gasteiger partial charge on any atom is -0.378 e. The fourth-order valence-electron chi connectivity index (χ4n) is 4.44. The van der Waals surface area contributed by atoms with Crippen LogP contribution in [-0.2, 0) is 11.0 Å². The Hall–Kier alpha value is -4.65. The third kappa shape index (κ3) is 6.56. The van der Waals surface area contributed by atoms with Gasteiger partial charge in [-0.15, -0.1) is 0 Å². The van der Waals surface area contributed by atoms with Crippen LogP contribution in [0.15, 0.2) is 78.3 Å². The van der Waals surface area contributed by atoms with Crippen molar-refractivity contribution in [3.05, 3.63) is 84.4 Å². The number of halogens is 3. The maximum Gasteiger partial charge on any atom is 0.417 e. The molecule has 222 valence electrons. The molecule has 1 N–H and O–H groups in total. The van der Waals surface area contributed by atoms with Gasteiger partial charge in [-0.1, -0.05) is 43.8 Å². The highest BCUT2D eigenvalue weighted by molar-refractivity contribution is 8.15. The van der Waals surface area contributed by atoms with E-state index in [2.05, 4.69) is 20.3 Å². The molecule has 13 heteroatoms. The molecule has 9 nitrogen and oxygen atoms in total. The lowest BCUT2D eigenvalue weighted by Crippen LogP contribution is -2.31. The average molecular weight is 608 g/mol. The minimum atomic E-state index is -4.46. The van der Waals surface area contributed by atoms with Gasteiger partial charge in [0.05, 0.1) is 22.7 Å². The maximum atomic E-state index is 12.9. The van der Waals surface area contributed by atoms with Gasteiger partial charge in [0.1, 0.15) is 12.1 Å². The van der Waals surface area contributed by atoms with Crippen molar-refractivity contribution in [1.82, 2.24) is 14.5 Å². The van der Waals surface area contributed by atoms with E-state index in [0.29, 0.717) is 28.1 Å². The van der Waals surface area contributed by atoms with Crippen LogP contribution in [-0.4, -0.2) is 51.5 Å². The molecular weight excluding hydrogens is 579 g/mol. The molecule has 0 spiro atoms. The monoisotopic (exact) mass is 607 g/mol. The van der Waals surface area contributed by atoms with Crippen LogP contribution in [0.5, 0.6) is 0 Å². The maximum absolute atomic E-state index is 12.9. The van der Waals surface area contributed by atoms with E-state index < -0.39 is 17.8 Å². The normalized spacial score (nSPS) is 14.6. The zero-order chi connectivity index (χ0) is 30.9. The first-order valence-electron chi connectivity index (χ1n) is 13.3. The standard InChI is InChI=1S/C30H28F3N7O2S/c1-18(2)23-11-10-22(38(3)4)13-25(23)40-27(41)16-43-29(40)37-28(42)36-21-8-5-19(6-9-21)24-15-39(17-35-24)26-12-7-20(14-34-26)30(31,32)33/h5-15,17-18H,16H2,1-4H3,(H,36,42)/b37-29-. The summed E-state index contributed by atoms with van der Waals surface area (Å²) in [5.41, 5.74) is 3.55. The van der Waals surface area contributed by atoms with Crippen molar-refractivity contribution in [2.24, 2.45) is 4.99 Å². The summed E-state index contributed by atoms with van der Waals surface area (Å²) < 4.78 is 40.0. The van der Waals surface area contributed by atoms with E-state index >= 15 is 0 Å². The van der Waals surface area contributed by atoms with Crippen molar-refractivity contribution >= 4 is 45.9 Å². The van der Waals surface area contributed by atoms with Crippen LogP contribution < -0.4 is 15.1 Å². The summed E-state index contributed by atoms with van der Waals surface area (Å²) in [6, 6.07) is 14.4. The summed E-state index contributed by atoms with van der Waals surface area (Å²) in [6.07, 6.45) is -0.577. The molecule has 0 bridgehead atoms. The third-order valence-corrected chi connectivity index (χ3v) is 7.63. The number of carbonyl (C=O) groups excluding carboxylic acids is 2. The second-order valence-electron chi connectivity index (χ2n) is 10.3. The van der Waals surface area contributed by atoms with Crippen LogP contribution in [0, 0.1) is 0 Å². The summed E-state index contributed by atoms with van der Waals surface area (Å²) in [7, 11) is 3.84. The van der Waals surface area contributed by atoms with Crippen molar-refractivity contribution in [3.8, 4) is 17.1 Å². The lowest BCUT2D eigenvalue weighted by molar-refractivity contribution is -0.137. The van der Waals surface area contributed by atoms with Crippen LogP contribution in [0.3, 0.4) is 0 Å². The van der Waals surface area contributed by atoms with Crippen LogP contribution in [0.1, 0.15) is 30.9 Å². The molecule has 0 unspecified atom stereocenters. The van der Waals surface area contributed by atoms with Gasteiger partial charge >= 0.3 is 12.2 Å². The SMILES string of the molecule is CC(C)c1ccc(N(C)C)cc1N1C(=O)CS/C1=N\C(=O)Nc1ccc(-c2cn(-c3ccc(C(F)(F)F)cn3)cn2)cc1. The molecule has 2 aromatic carbocycles. The van der Waals surface area contributed by atoms with Crippen molar-refractivity contribution in [2.75, 3.05) is 35.0 Å². The number of hydrogen-bond donors (Lipinski definition) is 1. The number of amidine groups is 1. The molecule has 3 heterocycles. The highest BCUT2D eigenvalue weighted by Crippen LogP contribution is 2.36. The van der Waals surface area contributed by atoms with E-state index in [9.17, 15) is 22.8 Å². The molecule has 5 rings (SSSR count). The molecule has 1 saturated heterocycles. The summed E-state index contributed by atoms with van der Waals surface area (Å²) in [5.74, 6) is 0.473. The van der Waals surface area contributed by atoms with Gasteiger partial charge < -0.3 is 10.2 Å². The van der Waals surface area contributed by atoms with Gasteiger partial charge in [0, 0.05) is 43.4 Å². The predicted octanol–water partition coefficient (Wildman–Crippen LogP) is 6.81. The lowest BCUT2D eigenvalue weighted by Gasteiger charge is -2.24. The number of alkyl halides is 3. The van der Waals surface area contributed by atoms with Crippen molar-refractivity contribution in [2.45, 2.75) is 25.9 Å². The van der Waals surface area contributed by atoms with E-state index in [1.807, 2.05) is 51.0 Å². The third-order valence-electron chi connectivity index (χ3n) is 6.71. The molecule has 3 amide bonds. The number of nitrogens with one attached hydrogen (secondary N) is 1. The number of aliphatic imine (C=N–C) groups is 1. The van der Waals surface area contributed by atoms with Crippen LogP contribution in [0.2, 0.25) is 0 Å². The highest BCUT2D eigenvalue weighted by atomic mass is 32.2. The number of urea groups is 1. The van der Waals surface area contributed by atoms with Gasteiger partial charge in [0.15, 0.2) is 5.17 Å². The van der Waals surface area contributed by atoms with Crippen molar-refractivity contribution < 1.29 is 22.8 Å². The van der Waals surface area contributed by atoms with Gasteiger partial charge in [-0.25, -0.2) is 14.8 Å². The second kappa shape index (κ2) is 11.9. The molecule has 0 atom stereocenters. The van der Waals surface area contributed by atoms with E-state index in [0.717, 1.165) is 29.1 Å². The number of benzene rings is 2. The highest BCUT2D eigenvalue weighted by Gasteiger charge is 2.33. The molecule has 1 aliphatic rings. The van der Waals surface area contributed by atoms with E-state index in [1.165, 1.54) is 33.6 Å². The first kappa shape index (κ1) is 29.8. The number of rotatable bonds is 6. The van der Waals surface area contributed by atoms with Crippen LogP contribution >= 0.6 is 11.8 Å². The number of carbonyl (C=O) groups is 2. The molecule has 0 aliphatic carbocycles. The molecule has 0 saturated carbocycles. The zero-order valence-corrected chi connectivity index (χ0v) is 24.6. The van der Waals surface area contributed by atoms with Gasteiger partial charge in [-0.2, -0.15) is 18.2 Å². The minimum absolute atomic E-state index is 0.148. The molecular formula is C30H28F3N7O2S. The van der Waals surface area contributed by atoms with Gasteiger partial charge in [-0.3, -0.25) is 14.3 Å². The second-order valence-corrected chi connectivity index (χ2v) is 11.2. The summed E-state index contributed by atoms with van der Waals surface area (Å²) in [5, 5.41) is 3.04. The Labute approximate surface area is 250 Å². The van der Waals surface area contributed by atoms with E-state index in [-0.39, 0.29) is 17.6 Å². The smallest absolute Gasteiger partial charge is 0.378 e. The van der Waals surface area contributed by atoms with Crippen LogP contribution in [0.25, 0.3) is 17.1 Å². The predicted molar refractivity (Wildman–Crippen MR) is 163 cm³/mol. The van der Waals surface area contributed by atoms with Crippen LogP contribution in [0.4, 0.5) is 35.0 Å². The first-order valence-corrected chi connectivity index (χ1v) is 14.2. The van der Waals surface area contributed by atoms with Gasteiger partial charge in [0.25, 0.3) is 0 Å². The Bertz CT molecular complexity index is 1680. The Morgan fingerprint density at radius 1 is 1.07 bits per heavy atom. The number of aromatic nitrogens is 3. The summed E-state index contributed by atoms with van der Waals surface area (Å²) in [4.78, 5) is 41.7. The Balaban J connectivity index is 1.30. The molecule has 1 fully saturated rings. The van der Waals surface area contributed by atoms with Gasteiger partial charge in [-0.05, 0) is 47.9 Å². The Morgan fingerprint density at radius 2 is 1.81 bits per heavy atom. The molecule has 43 heavy (non-hydrogen) atoms. The topological polar surface area (TPSA) is 95.7 Å². The van der Waals surface area contributed by atoms with E-state index in [1.54, 1.807) is 30.5 Å². The number of pyridine rings is 1. The number of amides is 3. The first-order chi connectivity index (χ1) is 20.4. The average Bonchev–Trinajstić information content (AvgIpc) is 3.59. The number of anilines is 3. The molecule has 4 aromatic rings. The number of nitrogens with zero attached hydrogens (tertiary/aromatic N) is 6. The van der Waals surface area contributed by atoms with Crippen molar-refractivity contribution in [1.29, 1.82) is 0 Å². The quantitative estimate of drug-likeness (QED) is 0.259. The lowest BCUT2D eigenvalue weighted by atomic mass is 9.99. The molecule has 2 aromatic heterocycles. The Morgan fingerprint density at radius 3 is 2.44 bits per heavy atom. The summed E-state index contributed by atoms with van der Waals surface area (Å²) >= 11 is 1.21. The fraction of sp³-hybridized carbons (Fsp3) is 0.233. The zero-order valence-electron chi connectivity index (χ0n) is 23.8.